The van der Waals surface area contributed by atoms with Crippen molar-refractivity contribution in [3.05, 3.63) is 0 Å². The van der Waals surface area contributed by atoms with E-state index in [1.165, 1.54) is 44.9 Å². The number of hydrogen-bond acceptors (Lipinski definition) is 2. The van der Waals surface area contributed by atoms with Gasteiger partial charge < -0.3 is 9.47 Å². The molecule has 4 heteroatoms. The highest BCUT2D eigenvalue weighted by molar-refractivity contribution is 4.90. The second kappa shape index (κ2) is 11.5. The Hall–Kier alpha value is -0.220. The molecule has 0 bridgehead atoms. The maximum Gasteiger partial charge on any atom is 0.160 e. The molecule has 25 heavy (non-hydrogen) atoms. The molecular formula is C21H38F2O2. The standard InChI is InChI=1S/C21H38F2O2/c1-3-5-7-16-8-10-17(11-9-16)15-25-19-13-12-18(20(22)21(19)23)24-14-6-4-2/h16-21H,3-15H2,1-2H3. The molecule has 2 saturated carbocycles. The number of unbranched alkanes of at least 4 members (excludes halogenated alkanes) is 2. The zero-order valence-corrected chi connectivity index (χ0v) is 16.2. The third-order valence-corrected chi connectivity index (χ3v) is 6.06. The molecule has 0 saturated heterocycles. The number of alkyl halides is 2. The quantitative estimate of drug-likeness (QED) is 0.443. The molecule has 0 heterocycles. The van der Waals surface area contributed by atoms with Crippen LogP contribution in [0, 0.1) is 11.8 Å². The lowest BCUT2D eigenvalue weighted by Gasteiger charge is -2.36. The summed E-state index contributed by atoms with van der Waals surface area (Å²) in [5.41, 5.74) is 0. The second-order valence-electron chi connectivity index (χ2n) is 8.13. The van der Waals surface area contributed by atoms with Crippen LogP contribution in [0.5, 0.6) is 0 Å². The third kappa shape index (κ3) is 6.78. The zero-order valence-electron chi connectivity index (χ0n) is 16.2. The summed E-state index contributed by atoms with van der Waals surface area (Å²) >= 11 is 0. The molecule has 2 fully saturated rings. The van der Waals surface area contributed by atoms with Gasteiger partial charge in [-0.3, -0.25) is 0 Å². The van der Waals surface area contributed by atoms with Crippen molar-refractivity contribution in [1.82, 2.24) is 0 Å². The molecule has 0 N–H and O–H groups in total. The van der Waals surface area contributed by atoms with E-state index in [2.05, 4.69) is 13.8 Å². The highest BCUT2D eigenvalue weighted by atomic mass is 19.2. The Morgan fingerprint density at radius 3 is 1.88 bits per heavy atom. The van der Waals surface area contributed by atoms with E-state index in [0.29, 0.717) is 32.0 Å². The van der Waals surface area contributed by atoms with Gasteiger partial charge in [0.2, 0.25) is 0 Å². The van der Waals surface area contributed by atoms with Crippen LogP contribution < -0.4 is 0 Å². The second-order valence-corrected chi connectivity index (χ2v) is 8.13. The SMILES string of the molecule is CCCCOC1CCC(OCC2CCC(CCCC)CC2)C(F)C1F. The van der Waals surface area contributed by atoms with Crippen LogP contribution in [0.15, 0.2) is 0 Å². The van der Waals surface area contributed by atoms with E-state index in [1.54, 1.807) is 0 Å². The Morgan fingerprint density at radius 2 is 1.28 bits per heavy atom. The third-order valence-electron chi connectivity index (χ3n) is 6.06. The van der Waals surface area contributed by atoms with Crippen LogP contribution in [0.3, 0.4) is 0 Å². The van der Waals surface area contributed by atoms with E-state index in [4.69, 9.17) is 9.47 Å². The van der Waals surface area contributed by atoms with Crippen molar-refractivity contribution in [3.8, 4) is 0 Å². The molecular weight excluding hydrogens is 322 g/mol. The summed E-state index contributed by atoms with van der Waals surface area (Å²) in [6.45, 7) is 5.44. The minimum absolute atomic E-state index is 0.529. The predicted octanol–water partition coefficient (Wildman–Crippen LogP) is 6.02. The molecule has 2 nitrogen and oxygen atoms in total. The van der Waals surface area contributed by atoms with Gasteiger partial charge in [-0.1, -0.05) is 52.4 Å². The van der Waals surface area contributed by atoms with Crippen molar-refractivity contribution < 1.29 is 18.3 Å². The summed E-state index contributed by atoms with van der Waals surface area (Å²) in [6.07, 6.45) is 7.67. The average molecular weight is 361 g/mol. The van der Waals surface area contributed by atoms with Crippen molar-refractivity contribution in [2.24, 2.45) is 11.8 Å². The van der Waals surface area contributed by atoms with Gasteiger partial charge in [-0.05, 0) is 43.9 Å². The lowest BCUT2D eigenvalue weighted by Crippen LogP contribution is -2.47. The first-order chi connectivity index (χ1) is 12.2. The van der Waals surface area contributed by atoms with Crippen LogP contribution in [0.25, 0.3) is 0 Å². The molecule has 4 atom stereocenters. The van der Waals surface area contributed by atoms with Crippen LogP contribution in [0.4, 0.5) is 8.78 Å². The first-order valence-electron chi connectivity index (χ1n) is 10.7. The van der Waals surface area contributed by atoms with E-state index in [-0.39, 0.29) is 0 Å². The molecule has 2 rings (SSSR count). The van der Waals surface area contributed by atoms with Gasteiger partial charge in [-0.2, -0.15) is 0 Å². The van der Waals surface area contributed by atoms with Gasteiger partial charge in [0.15, 0.2) is 12.3 Å². The Kier molecular flexibility index (Phi) is 9.69. The molecule has 0 aromatic carbocycles. The molecule has 0 amide bonds. The van der Waals surface area contributed by atoms with Crippen molar-refractivity contribution >= 4 is 0 Å². The Balaban J connectivity index is 1.65. The van der Waals surface area contributed by atoms with Gasteiger partial charge in [-0.25, -0.2) is 8.78 Å². The maximum absolute atomic E-state index is 14.4. The van der Waals surface area contributed by atoms with Crippen LogP contribution >= 0.6 is 0 Å². The molecule has 0 aromatic heterocycles. The summed E-state index contributed by atoms with van der Waals surface area (Å²) < 4.78 is 40.0. The first kappa shape index (κ1) is 21.1. The highest BCUT2D eigenvalue weighted by Gasteiger charge is 2.41. The molecule has 0 radical (unpaired) electrons. The predicted molar refractivity (Wildman–Crippen MR) is 98.4 cm³/mol. The molecule has 4 unspecified atom stereocenters. The minimum atomic E-state index is -1.54. The van der Waals surface area contributed by atoms with E-state index < -0.39 is 24.6 Å². The van der Waals surface area contributed by atoms with Gasteiger partial charge in [0.05, 0.1) is 12.2 Å². The smallest absolute Gasteiger partial charge is 0.160 e. The summed E-state index contributed by atoms with van der Waals surface area (Å²) in [5.74, 6) is 1.40. The van der Waals surface area contributed by atoms with E-state index in [1.807, 2.05) is 0 Å². The van der Waals surface area contributed by atoms with Gasteiger partial charge >= 0.3 is 0 Å². The fourth-order valence-corrected chi connectivity index (χ4v) is 4.23. The van der Waals surface area contributed by atoms with E-state index >= 15 is 0 Å². The van der Waals surface area contributed by atoms with Crippen LogP contribution in [-0.2, 0) is 9.47 Å². The van der Waals surface area contributed by atoms with E-state index in [9.17, 15) is 8.78 Å². The normalized spacial score (nSPS) is 36.5. The lowest BCUT2D eigenvalue weighted by molar-refractivity contribution is -0.123. The molecule has 2 aliphatic rings. The fraction of sp³-hybridized carbons (Fsp3) is 1.00. The summed E-state index contributed by atoms with van der Waals surface area (Å²) in [4.78, 5) is 0. The number of rotatable bonds is 10. The Labute approximate surface area is 153 Å². The van der Waals surface area contributed by atoms with E-state index in [0.717, 1.165) is 18.8 Å². The number of hydrogen-bond donors (Lipinski definition) is 0. The lowest BCUT2D eigenvalue weighted by atomic mass is 9.80. The van der Waals surface area contributed by atoms with Crippen molar-refractivity contribution in [2.75, 3.05) is 13.2 Å². The first-order valence-corrected chi connectivity index (χ1v) is 10.7. The number of halogens is 2. The monoisotopic (exact) mass is 360 g/mol. The average Bonchev–Trinajstić information content (AvgIpc) is 2.64. The maximum atomic E-state index is 14.4. The molecule has 0 aliphatic heterocycles. The summed E-state index contributed by atoms with van der Waals surface area (Å²) in [5, 5.41) is 0. The minimum Gasteiger partial charge on any atom is -0.375 e. The molecule has 0 spiro atoms. The van der Waals surface area contributed by atoms with Crippen molar-refractivity contribution in [1.29, 1.82) is 0 Å². The van der Waals surface area contributed by atoms with Gasteiger partial charge in [0.25, 0.3) is 0 Å². The van der Waals surface area contributed by atoms with Gasteiger partial charge in [-0.15, -0.1) is 0 Å². The number of ether oxygens (including phenoxy) is 2. The van der Waals surface area contributed by atoms with Gasteiger partial charge in [0, 0.05) is 13.2 Å². The Morgan fingerprint density at radius 1 is 0.720 bits per heavy atom. The molecule has 2 aliphatic carbocycles. The molecule has 148 valence electrons. The largest absolute Gasteiger partial charge is 0.375 e. The Bertz CT molecular complexity index is 345. The van der Waals surface area contributed by atoms with Gasteiger partial charge in [0.1, 0.15) is 0 Å². The van der Waals surface area contributed by atoms with Crippen molar-refractivity contribution in [3.63, 3.8) is 0 Å². The zero-order chi connectivity index (χ0) is 18.1. The van der Waals surface area contributed by atoms with Crippen LogP contribution in [0.2, 0.25) is 0 Å². The van der Waals surface area contributed by atoms with Crippen LogP contribution in [0.1, 0.15) is 84.5 Å². The fourth-order valence-electron chi connectivity index (χ4n) is 4.23. The molecule has 0 aromatic rings. The summed E-state index contributed by atoms with van der Waals surface area (Å²) in [7, 11) is 0. The topological polar surface area (TPSA) is 18.5 Å². The van der Waals surface area contributed by atoms with Crippen LogP contribution in [-0.4, -0.2) is 37.8 Å². The summed E-state index contributed by atoms with van der Waals surface area (Å²) in [6, 6.07) is 0. The highest BCUT2D eigenvalue weighted by Crippen LogP contribution is 2.34. The van der Waals surface area contributed by atoms with Crippen molar-refractivity contribution in [2.45, 2.75) is 109 Å².